The van der Waals surface area contributed by atoms with E-state index in [-0.39, 0.29) is 16.8 Å². The van der Waals surface area contributed by atoms with Crippen molar-refractivity contribution in [2.75, 3.05) is 11.1 Å². The van der Waals surface area contributed by atoms with Crippen LogP contribution in [0.1, 0.15) is 30.0 Å². The molecule has 0 aliphatic carbocycles. The van der Waals surface area contributed by atoms with E-state index in [1.165, 1.54) is 6.07 Å². The number of anilines is 1. The Kier molecular flexibility index (Phi) is 4.73. The number of fused-ring (bicyclic) bond motifs is 2. The second-order valence-corrected chi connectivity index (χ2v) is 9.65. The van der Waals surface area contributed by atoms with Gasteiger partial charge in [0.1, 0.15) is 0 Å². The molecule has 0 aromatic heterocycles. The van der Waals surface area contributed by atoms with Crippen molar-refractivity contribution in [3.8, 4) is 0 Å². The van der Waals surface area contributed by atoms with Crippen molar-refractivity contribution in [3.05, 3.63) is 52.5 Å². The van der Waals surface area contributed by atoms with E-state index < -0.39 is 10.0 Å². The zero-order valence-corrected chi connectivity index (χ0v) is 16.2. The number of rotatable bonds is 3. The van der Waals surface area contributed by atoms with Crippen LogP contribution in [0.15, 0.2) is 46.2 Å². The van der Waals surface area contributed by atoms with Crippen LogP contribution in [0.4, 0.5) is 5.69 Å². The Hall–Kier alpha value is -1.54. The van der Waals surface area contributed by atoms with E-state index in [4.69, 9.17) is 11.6 Å². The van der Waals surface area contributed by atoms with Crippen LogP contribution in [0.3, 0.4) is 0 Å². The Morgan fingerprint density at radius 3 is 2.85 bits per heavy atom. The van der Waals surface area contributed by atoms with Gasteiger partial charge in [-0.15, -0.1) is 11.8 Å². The monoisotopic (exact) mass is 408 g/mol. The van der Waals surface area contributed by atoms with Gasteiger partial charge in [-0.05, 0) is 66.1 Å². The predicted molar refractivity (Wildman–Crippen MR) is 103 cm³/mol. The van der Waals surface area contributed by atoms with Gasteiger partial charge in [0.05, 0.1) is 4.90 Å². The molecule has 2 heterocycles. The molecule has 1 amide bonds. The first-order chi connectivity index (χ1) is 12.4. The normalized spacial score (nSPS) is 19.4. The number of thioether (sulfide) groups is 1. The maximum Gasteiger partial charge on any atom is 0.241 e. The molecule has 2 aliphatic heterocycles. The van der Waals surface area contributed by atoms with Crippen LogP contribution in [-0.4, -0.2) is 20.1 Å². The lowest BCUT2D eigenvalue weighted by Crippen LogP contribution is -2.31. The predicted octanol–water partition coefficient (Wildman–Crippen LogP) is 3.74. The summed E-state index contributed by atoms with van der Waals surface area (Å²) in [6.07, 6.45) is 1.62. The summed E-state index contributed by atoms with van der Waals surface area (Å²) >= 11 is 7.81. The van der Waals surface area contributed by atoms with Gasteiger partial charge in [-0.2, -0.15) is 0 Å². The zero-order chi connectivity index (χ0) is 18.3. The van der Waals surface area contributed by atoms with Gasteiger partial charge in [-0.25, -0.2) is 13.1 Å². The molecule has 26 heavy (non-hydrogen) atoms. The van der Waals surface area contributed by atoms with Gasteiger partial charge in [-0.3, -0.25) is 4.79 Å². The molecule has 5 nitrogen and oxygen atoms in total. The van der Waals surface area contributed by atoms with Crippen LogP contribution in [0.5, 0.6) is 0 Å². The molecular weight excluding hydrogens is 392 g/mol. The second-order valence-electron chi connectivity index (χ2n) is 6.36. The highest BCUT2D eigenvalue weighted by atomic mass is 35.5. The molecule has 0 bridgehead atoms. The van der Waals surface area contributed by atoms with E-state index in [0.717, 1.165) is 21.8 Å². The molecule has 1 atom stereocenters. The lowest BCUT2D eigenvalue weighted by Gasteiger charge is -2.26. The number of benzene rings is 2. The molecule has 0 spiro atoms. The molecule has 0 saturated heterocycles. The van der Waals surface area contributed by atoms with Crippen LogP contribution >= 0.6 is 23.4 Å². The number of halogens is 1. The van der Waals surface area contributed by atoms with Gasteiger partial charge < -0.3 is 5.32 Å². The van der Waals surface area contributed by atoms with Crippen molar-refractivity contribution in [2.24, 2.45) is 0 Å². The molecule has 8 heteroatoms. The van der Waals surface area contributed by atoms with E-state index in [2.05, 4.69) is 10.0 Å². The van der Waals surface area contributed by atoms with Crippen molar-refractivity contribution >= 4 is 45.0 Å². The third-order valence-corrected chi connectivity index (χ3v) is 7.42. The van der Waals surface area contributed by atoms with Gasteiger partial charge in [0, 0.05) is 28.1 Å². The summed E-state index contributed by atoms with van der Waals surface area (Å²) in [4.78, 5) is 12.7. The number of nitrogens with one attached hydrogen (secondary N) is 2. The molecule has 0 unspecified atom stereocenters. The van der Waals surface area contributed by atoms with Crippen molar-refractivity contribution in [3.63, 3.8) is 0 Å². The first-order valence-electron chi connectivity index (χ1n) is 8.30. The molecular formula is C18H17ClN2O3S2. The van der Waals surface area contributed by atoms with Gasteiger partial charge in [0.2, 0.25) is 15.9 Å². The van der Waals surface area contributed by atoms with E-state index in [1.807, 2.05) is 18.2 Å². The molecule has 0 fully saturated rings. The van der Waals surface area contributed by atoms with E-state index in [9.17, 15) is 13.2 Å². The highest BCUT2D eigenvalue weighted by molar-refractivity contribution is 7.99. The Bertz CT molecular complexity index is 992. The molecule has 136 valence electrons. The summed E-state index contributed by atoms with van der Waals surface area (Å²) in [6.45, 7) is 0. The molecule has 2 aromatic rings. The van der Waals surface area contributed by atoms with Crippen LogP contribution < -0.4 is 10.0 Å². The van der Waals surface area contributed by atoms with Crippen LogP contribution in [-0.2, 0) is 21.2 Å². The minimum atomic E-state index is -3.68. The fourth-order valence-corrected chi connectivity index (χ4v) is 5.86. The molecule has 2 aliphatic rings. The van der Waals surface area contributed by atoms with Gasteiger partial charge in [0.15, 0.2) is 0 Å². The van der Waals surface area contributed by atoms with E-state index >= 15 is 0 Å². The largest absolute Gasteiger partial charge is 0.326 e. The summed E-state index contributed by atoms with van der Waals surface area (Å²) in [5.74, 6) is 0.803. The average molecular weight is 409 g/mol. The van der Waals surface area contributed by atoms with Gasteiger partial charge in [-0.1, -0.05) is 11.6 Å². The average Bonchev–Trinajstić information content (AvgIpc) is 2.61. The van der Waals surface area contributed by atoms with Gasteiger partial charge >= 0.3 is 0 Å². The summed E-state index contributed by atoms with van der Waals surface area (Å²) in [5.41, 5.74) is 2.45. The third kappa shape index (κ3) is 3.49. The summed E-state index contributed by atoms with van der Waals surface area (Å²) < 4.78 is 28.6. The smallest absolute Gasteiger partial charge is 0.241 e. The van der Waals surface area contributed by atoms with Crippen molar-refractivity contribution in [2.45, 2.75) is 35.1 Å². The molecule has 2 aromatic carbocycles. The fraction of sp³-hybridized carbons (Fsp3) is 0.278. The first kappa shape index (κ1) is 17.9. The highest BCUT2D eigenvalue weighted by Gasteiger charge is 2.27. The number of carbonyl (C=O) groups excluding carboxylic acids is 1. The van der Waals surface area contributed by atoms with Gasteiger partial charge in [0.25, 0.3) is 0 Å². The lowest BCUT2D eigenvalue weighted by atomic mass is 10.0. The number of hydrogen-bond acceptors (Lipinski definition) is 4. The Morgan fingerprint density at radius 1 is 1.15 bits per heavy atom. The van der Waals surface area contributed by atoms with Crippen LogP contribution in [0.2, 0.25) is 5.02 Å². The SMILES string of the molecule is O=C1CCc2cc(S(=O)(=O)N[C@H]3CCSc4ccc(Cl)cc43)ccc2N1. The number of hydrogen-bond donors (Lipinski definition) is 2. The molecule has 2 N–H and O–H groups in total. The Labute approximate surface area is 161 Å². The topological polar surface area (TPSA) is 75.3 Å². The standard InChI is InChI=1S/C18H17ClN2O3S2/c19-12-2-5-17-14(10-12)16(7-8-25-17)21-26(23,24)13-3-4-15-11(9-13)1-6-18(22)20-15/h2-5,9-10,16,21H,1,6-8H2,(H,20,22)/t16-/m0/s1. The van der Waals surface area contributed by atoms with Crippen LogP contribution in [0, 0.1) is 0 Å². The van der Waals surface area contributed by atoms with Crippen molar-refractivity contribution in [1.82, 2.24) is 4.72 Å². The summed E-state index contributed by atoms with van der Waals surface area (Å²) in [5, 5.41) is 3.36. The quantitative estimate of drug-likeness (QED) is 0.811. The number of amides is 1. The number of sulfonamides is 1. The number of aryl methyl sites for hydroxylation is 1. The zero-order valence-electron chi connectivity index (χ0n) is 13.8. The van der Waals surface area contributed by atoms with Crippen LogP contribution in [0.25, 0.3) is 0 Å². The minimum absolute atomic E-state index is 0.0422. The minimum Gasteiger partial charge on any atom is -0.326 e. The molecule has 4 rings (SSSR count). The van der Waals surface area contributed by atoms with E-state index in [0.29, 0.717) is 30.0 Å². The molecule has 0 radical (unpaired) electrons. The Morgan fingerprint density at radius 2 is 2.00 bits per heavy atom. The maximum absolute atomic E-state index is 12.9. The lowest BCUT2D eigenvalue weighted by molar-refractivity contribution is -0.116. The van der Waals surface area contributed by atoms with Crippen molar-refractivity contribution in [1.29, 1.82) is 0 Å². The third-order valence-electron chi connectivity index (χ3n) is 4.59. The van der Waals surface area contributed by atoms with E-state index in [1.54, 1.807) is 23.9 Å². The molecule has 0 saturated carbocycles. The first-order valence-corrected chi connectivity index (χ1v) is 11.1. The summed E-state index contributed by atoms with van der Waals surface area (Å²) in [6, 6.07) is 10.1. The Balaban J connectivity index is 1.63. The highest BCUT2D eigenvalue weighted by Crippen LogP contribution is 2.38. The fourth-order valence-electron chi connectivity index (χ4n) is 3.27. The maximum atomic E-state index is 12.9. The van der Waals surface area contributed by atoms with Crippen molar-refractivity contribution < 1.29 is 13.2 Å². The summed E-state index contributed by atoms with van der Waals surface area (Å²) in [7, 11) is -3.68. The number of carbonyl (C=O) groups is 1. The second kappa shape index (κ2) is 6.88.